The van der Waals surface area contributed by atoms with Gasteiger partial charge in [-0.3, -0.25) is 0 Å². The molecule has 1 nitrogen and oxygen atoms in total. The SMILES string of the molecule is CC[C@]1(C(C)C)C[C@@H]1N. The maximum atomic E-state index is 5.81. The summed E-state index contributed by atoms with van der Waals surface area (Å²) in [5.74, 6) is 0.775. The molecule has 0 heterocycles. The van der Waals surface area contributed by atoms with Crippen LogP contribution in [-0.2, 0) is 0 Å². The molecule has 0 radical (unpaired) electrons. The number of nitrogens with two attached hydrogens (primary N) is 1. The molecule has 0 aromatic rings. The first kappa shape index (κ1) is 7.07. The predicted molar refractivity (Wildman–Crippen MR) is 40.2 cm³/mol. The number of rotatable bonds is 2. The maximum Gasteiger partial charge on any atom is 0.0104 e. The fraction of sp³-hybridized carbons (Fsp3) is 1.00. The highest BCUT2D eigenvalue weighted by Gasteiger charge is 2.52. The lowest BCUT2D eigenvalue weighted by Crippen LogP contribution is -2.18. The van der Waals surface area contributed by atoms with Crippen molar-refractivity contribution in [2.24, 2.45) is 17.1 Å². The zero-order valence-electron chi connectivity index (χ0n) is 6.65. The van der Waals surface area contributed by atoms with E-state index in [1.165, 1.54) is 12.8 Å². The van der Waals surface area contributed by atoms with Gasteiger partial charge in [0.1, 0.15) is 0 Å². The van der Waals surface area contributed by atoms with E-state index in [9.17, 15) is 0 Å². The highest BCUT2D eigenvalue weighted by atomic mass is 14.8. The van der Waals surface area contributed by atoms with Gasteiger partial charge in [-0.2, -0.15) is 0 Å². The van der Waals surface area contributed by atoms with Crippen molar-refractivity contribution in [2.75, 3.05) is 0 Å². The second kappa shape index (κ2) is 1.98. The Hall–Kier alpha value is -0.0400. The van der Waals surface area contributed by atoms with Gasteiger partial charge in [-0.15, -0.1) is 0 Å². The quantitative estimate of drug-likeness (QED) is 0.601. The Morgan fingerprint density at radius 3 is 2.11 bits per heavy atom. The van der Waals surface area contributed by atoms with E-state index < -0.39 is 0 Å². The highest BCUT2D eigenvalue weighted by Crippen LogP contribution is 2.53. The summed E-state index contributed by atoms with van der Waals surface area (Å²) in [6.07, 6.45) is 2.51. The average molecular weight is 127 g/mol. The largest absolute Gasteiger partial charge is 0.327 e. The summed E-state index contributed by atoms with van der Waals surface area (Å²) in [5.41, 5.74) is 6.34. The lowest BCUT2D eigenvalue weighted by Gasteiger charge is -2.17. The normalized spacial score (nSPS) is 41.7. The molecular weight excluding hydrogens is 110 g/mol. The molecule has 1 heteroatoms. The second-order valence-electron chi connectivity index (χ2n) is 3.55. The molecule has 1 aliphatic rings. The third-order valence-corrected chi connectivity index (χ3v) is 2.99. The number of hydrogen-bond donors (Lipinski definition) is 1. The summed E-state index contributed by atoms with van der Waals surface area (Å²) in [4.78, 5) is 0. The van der Waals surface area contributed by atoms with Crippen LogP contribution >= 0.6 is 0 Å². The van der Waals surface area contributed by atoms with E-state index in [0.717, 1.165) is 5.92 Å². The molecule has 1 aliphatic carbocycles. The highest BCUT2D eigenvalue weighted by molar-refractivity contribution is 5.06. The zero-order chi connectivity index (χ0) is 7.07. The molecule has 0 aromatic heterocycles. The van der Waals surface area contributed by atoms with Gasteiger partial charge in [0.15, 0.2) is 0 Å². The van der Waals surface area contributed by atoms with Crippen LogP contribution in [0.4, 0.5) is 0 Å². The van der Waals surface area contributed by atoms with E-state index in [4.69, 9.17) is 5.73 Å². The molecule has 0 spiro atoms. The second-order valence-corrected chi connectivity index (χ2v) is 3.55. The van der Waals surface area contributed by atoms with Gasteiger partial charge in [0.2, 0.25) is 0 Å². The molecule has 0 aromatic carbocycles. The fourth-order valence-corrected chi connectivity index (χ4v) is 1.83. The first-order valence-corrected chi connectivity index (χ1v) is 3.89. The third-order valence-electron chi connectivity index (χ3n) is 2.99. The molecule has 0 amide bonds. The summed E-state index contributed by atoms with van der Waals surface area (Å²) in [6.45, 7) is 6.79. The molecule has 1 fully saturated rings. The van der Waals surface area contributed by atoms with Crippen molar-refractivity contribution in [3.05, 3.63) is 0 Å². The predicted octanol–water partition coefficient (Wildman–Crippen LogP) is 1.77. The molecule has 0 unspecified atom stereocenters. The van der Waals surface area contributed by atoms with Gasteiger partial charge in [-0.05, 0) is 24.2 Å². The van der Waals surface area contributed by atoms with Crippen molar-refractivity contribution < 1.29 is 0 Å². The minimum absolute atomic E-state index is 0.502. The van der Waals surface area contributed by atoms with Crippen molar-refractivity contribution in [1.29, 1.82) is 0 Å². The molecule has 1 rings (SSSR count). The van der Waals surface area contributed by atoms with E-state index in [2.05, 4.69) is 20.8 Å². The summed E-state index contributed by atoms with van der Waals surface area (Å²) >= 11 is 0. The van der Waals surface area contributed by atoms with Gasteiger partial charge in [-0.25, -0.2) is 0 Å². The molecule has 0 saturated heterocycles. The van der Waals surface area contributed by atoms with Crippen LogP contribution in [0, 0.1) is 11.3 Å². The minimum Gasteiger partial charge on any atom is -0.327 e. The van der Waals surface area contributed by atoms with Crippen molar-refractivity contribution in [2.45, 2.75) is 39.7 Å². The first-order valence-electron chi connectivity index (χ1n) is 3.89. The Bertz CT molecular complexity index is 105. The summed E-state index contributed by atoms with van der Waals surface area (Å²) in [5, 5.41) is 0. The van der Waals surface area contributed by atoms with Crippen LogP contribution in [0.25, 0.3) is 0 Å². The smallest absolute Gasteiger partial charge is 0.0104 e. The van der Waals surface area contributed by atoms with E-state index in [1.54, 1.807) is 0 Å². The molecule has 0 bridgehead atoms. The van der Waals surface area contributed by atoms with E-state index >= 15 is 0 Å². The Labute approximate surface area is 57.6 Å². The Morgan fingerprint density at radius 1 is 1.67 bits per heavy atom. The van der Waals surface area contributed by atoms with Crippen molar-refractivity contribution in [1.82, 2.24) is 0 Å². The summed E-state index contributed by atoms with van der Waals surface area (Å²) in [7, 11) is 0. The van der Waals surface area contributed by atoms with Gasteiger partial charge in [-0.1, -0.05) is 20.8 Å². The lowest BCUT2D eigenvalue weighted by molar-refractivity contribution is 0.334. The van der Waals surface area contributed by atoms with Crippen LogP contribution in [0.15, 0.2) is 0 Å². The standard InChI is InChI=1S/C8H17N/c1-4-8(6(2)3)5-7(8)9/h6-7H,4-5,9H2,1-3H3/t7-,8+/m0/s1. The molecule has 2 N–H and O–H groups in total. The molecule has 9 heavy (non-hydrogen) atoms. The Kier molecular flexibility index (Phi) is 1.55. The number of hydrogen-bond acceptors (Lipinski definition) is 1. The van der Waals surface area contributed by atoms with Crippen LogP contribution in [-0.4, -0.2) is 6.04 Å². The van der Waals surface area contributed by atoms with Crippen molar-refractivity contribution >= 4 is 0 Å². The zero-order valence-corrected chi connectivity index (χ0v) is 6.65. The molecule has 1 saturated carbocycles. The van der Waals surface area contributed by atoms with E-state index in [1.807, 2.05) is 0 Å². The van der Waals surface area contributed by atoms with Crippen LogP contribution in [0.5, 0.6) is 0 Å². The van der Waals surface area contributed by atoms with Crippen molar-refractivity contribution in [3.63, 3.8) is 0 Å². The van der Waals surface area contributed by atoms with Gasteiger partial charge in [0.05, 0.1) is 0 Å². The fourth-order valence-electron chi connectivity index (χ4n) is 1.83. The first-order chi connectivity index (χ1) is 4.13. The van der Waals surface area contributed by atoms with Crippen LogP contribution < -0.4 is 5.73 Å². The molecule has 0 aliphatic heterocycles. The maximum absolute atomic E-state index is 5.81. The summed E-state index contributed by atoms with van der Waals surface area (Å²) in [6, 6.07) is 0.502. The van der Waals surface area contributed by atoms with Gasteiger partial charge in [0.25, 0.3) is 0 Å². The van der Waals surface area contributed by atoms with Crippen LogP contribution in [0.3, 0.4) is 0 Å². The Morgan fingerprint density at radius 2 is 2.11 bits per heavy atom. The molecular formula is C8H17N. The van der Waals surface area contributed by atoms with Crippen LogP contribution in [0.1, 0.15) is 33.6 Å². The molecule has 2 atom stereocenters. The van der Waals surface area contributed by atoms with Gasteiger partial charge >= 0.3 is 0 Å². The monoisotopic (exact) mass is 127 g/mol. The van der Waals surface area contributed by atoms with Crippen molar-refractivity contribution in [3.8, 4) is 0 Å². The third kappa shape index (κ3) is 0.877. The summed E-state index contributed by atoms with van der Waals surface area (Å²) < 4.78 is 0. The molecule has 54 valence electrons. The van der Waals surface area contributed by atoms with Crippen LogP contribution in [0.2, 0.25) is 0 Å². The van der Waals surface area contributed by atoms with E-state index in [0.29, 0.717) is 11.5 Å². The minimum atomic E-state index is 0.502. The van der Waals surface area contributed by atoms with E-state index in [-0.39, 0.29) is 0 Å². The van der Waals surface area contributed by atoms with Gasteiger partial charge in [0, 0.05) is 6.04 Å². The Balaban J connectivity index is 2.52. The lowest BCUT2D eigenvalue weighted by atomic mass is 9.89. The average Bonchev–Trinajstić information content (AvgIpc) is 2.43. The topological polar surface area (TPSA) is 26.0 Å². The van der Waals surface area contributed by atoms with Gasteiger partial charge < -0.3 is 5.73 Å².